The molecule has 2 atom stereocenters. The molecule has 0 aromatic rings. The van der Waals surface area contributed by atoms with Gasteiger partial charge in [0, 0.05) is 6.42 Å². The first-order valence-corrected chi connectivity index (χ1v) is 9.11. The lowest BCUT2D eigenvalue weighted by Crippen LogP contribution is -2.51. The summed E-state index contributed by atoms with van der Waals surface area (Å²) in [5.41, 5.74) is -0.818. The van der Waals surface area contributed by atoms with Gasteiger partial charge >= 0.3 is 0 Å². The third-order valence-electron chi connectivity index (χ3n) is 5.07. The maximum absolute atomic E-state index is 12.6. The Morgan fingerprint density at radius 2 is 1.84 bits per heavy atom. The first-order chi connectivity index (χ1) is 11.7. The first kappa shape index (κ1) is 21.6. The maximum Gasteiger partial charge on any atom is 0.224 e. The maximum atomic E-state index is 12.6. The van der Waals surface area contributed by atoms with Gasteiger partial charge in [-0.25, -0.2) is 0 Å². The number of carbonyl (C=O) groups is 2. The number of carbonyl (C=O) groups excluding carboxylic acids is 2. The van der Waals surface area contributed by atoms with Gasteiger partial charge < -0.3 is 20.8 Å². The van der Waals surface area contributed by atoms with Crippen molar-refractivity contribution in [1.82, 2.24) is 10.6 Å². The standard InChI is InChI=1S/C19H34N2O4/c1-5-8-14(17(25)20-15(12-22)18(2,3)4)11-16(24)21-19(13-23)9-6-7-10-19/h5,14-15,22-23H,1,6-13H2,2-4H3,(H,20,25)(H,21,24)/t14-,15+/m0/s1. The van der Waals surface area contributed by atoms with Crippen molar-refractivity contribution >= 4 is 11.8 Å². The van der Waals surface area contributed by atoms with E-state index in [9.17, 15) is 19.8 Å². The van der Waals surface area contributed by atoms with E-state index in [4.69, 9.17) is 0 Å². The minimum atomic E-state index is -0.536. The summed E-state index contributed by atoms with van der Waals surface area (Å²) in [6.07, 6.45) is 5.56. The largest absolute Gasteiger partial charge is 0.394 e. The highest BCUT2D eigenvalue weighted by Crippen LogP contribution is 2.29. The zero-order valence-corrected chi connectivity index (χ0v) is 15.8. The average Bonchev–Trinajstić information content (AvgIpc) is 2.99. The van der Waals surface area contributed by atoms with Crippen LogP contribution in [0.25, 0.3) is 0 Å². The zero-order chi connectivity index (χ0) is 19.1. The summed E-state index contributed by atoms with van der Waals surface area (Å²) in [5, 5.41) is 24.9. The molecule has 0 aliphatic heterocycles. The van der Waals surface area contributed by atoms with Crippen molar-refractivity contribution in [3.8, 4) is 0 Å². The molecule has 0 unspecified atom stereocenters. The lowest BCUT2D eigenvalue weighted by atomic mass is 9.86. The van der Waals surface area contributed by atoms with Gasteiger partial charge in [0.2, 0.25) is 11.8 Å². The Kier molecular flexibility index (Phi) is 8.09. The Bertz CT molecular complexity index is 465. The molecular formula is C19H34N2O4. The van der Waals surface area contributed by atoms with E-state index >= 15 is 0 Å². The van der Waals surface area contributed by atoms with Gasteiger partial charge in [-0.15, -0.1) is 6.58 Å². The minimum absolute atomic E-state index is 0.0435. The van der Waals surface area contributed by atoms with Crippen molar-refractivity contribution in [2.75, 3.05) is 13.2 Å². The molecule has 1 saturated carbocycles. The third kappa shape index (κ3) is 6.44. The topological polar surface area (TPSA) is 98.7 Å². The van der Waals surface area contributed by atoms with Crippen molar-refractivity contribution in [3.63, 3.8) is 0 Å². The van der Waals surface area contributed by atoms with E-state index in [2.05, 4.69) is 17.2 Å². The van der Waals surface area contributed by atoms with E-state index in [1.807, 2.05) is 20.8 Å². The number of aliphatic hydroxyl groups excluding tert-OH is 2. The molecule has 1 aliphatic carbocycles. The zero-order valence-electron chi connectivity index (χ0n) is 15.8. The van der Waals surface area contributed by atoms with Gasteiger partial charge in [0.05, 0.1) is 30.7 Å². The SMILES string of the molecule is C=CC[C@@H](CC(=O)NC1(CO)CCCC1)C(=O)N[C@H](CO)C(C)(C)C. The lowest BCUT2D eigenvalue weighted by molar-refractivity contribution is -0.132. The van der Waals surface area contributed by atoms with Gasteiger partial charge in [-0.3, -0.25) is 9.59 Å². The van der Waals surface area contributed by atoms with Crippen LogP contribution >= 0.6 is 0 Å². The summed E-state index contributed by atoms with van der Waals surface area (Å²) >= 11 is 0. The van der Waals surface area contributed by atoms with Crippen LogP contribution < -0.4 is 10.6 Å². The van der Waals surface area contributed by atoms with Crippen molar-refractivity contribution in [1.29, 1.82) is 0 Å². The quantitative estimate of drug-likeness (QED) is 0.472. The Hall–Kier alpha value is -1.40. The fourth-order valence-electron chi connectivity index (χ4n) is 3.25. The van der Waals surface area contributed by atoms with E-state index in [0.717, 1.165) is 25.7 Å². The molecule has 0 bridgehead atoms. The van der Waals surface area contributed by atoms with Crippen molar-refractivity contribution < 1.29 is 19.8 Å². The number of rotatable bonds is 9. The molecule has 1 fully saturated rings. The molecule has 6 nitrogen and oxygen atoms in total. The van der Waals surface area contributed by atoms with Crippen molar-refractivity contribution in [2.45, 2.75) is 70.9 Å². The smallest absolute Gasteiger partial charge is 0.224 e. The van der Waals surface area contributed by atoms with Crippen molar-refractivity contribution in [3.05, 3.63) is 12.7 Å². The second-order valence-electron chi connectivity index (χ2n) is 8.23. The van der Waals surface area contributed by atoms with Crippen LogP contribution in [0.15, 0.2) is 12.7 Å². The molecule has 0 radical (unpaired) electrons. The summed E-state index contributed by atoms with van der Waals surface area (Å²) in [6, 6.07) is -0.381. The number of hydrogen-bond acceptors (Lipinski definition) is 4. The van der Waals surface area contributed by atoms with Gasteiger partial charge in [0.1, 0.15) is 0 Å². The second-order valence-corrected chi connectivity index (χ2v) is 8.23. The van der Waals surface area contributed by atoms with Crippen LogP contribution in [0.1, 0.15) is 59.3 Å². The minimum Gasteiger partial charge on any atom is -0.394 e. The molecule has 1 aliphatic rings. The van der Waals surface area contributed by atoms with Crippen LogP contribution in [0.4, 0.5) is 0 Å². The number of aliphatic hydroxyl groups is 2. The Morgan fingerprint density at radius 1 is 1.24 bits per heavy atom. The summed E-state index contributed by atoms with van der Waals surface area (Å²) in [7, 11) is 0. The Balaban J connectivity index is 2.70. The van der Waals surface area contributed by atoms with Gasteiger partial charge in [0.25, 0.3) is 0 Å². The molecule has 0 heterocycles. The molecule has 0 aromatic carbocycles. The van der Waals surface area contributed by atoms with Crippen LogP contribution in [-0.2, 0) is 9.59 Å². The number of hydrogen-bond donors (Lipinski definition) is 4. The van der Waals surface area contributed by atoms with Crippen LogP contribution in [0.5, 0.6) is 0 Å². The van der Waals surface area contributed by atoms with E-state index in [1.54, 1.807) is 6.08 Å². The van der Waals surface area contributed by atoms with Gasteiger partial charge in [0.15, 0.2) is 0 Å². The predicted molar refractivity (Wildman–Crippen MR) is 97.8 cm³/mol. The summed E-state index contributed by atoms with van der Waals surface area (Å²) < 4.78 is 0. The molecule has 144 valence electrons. The lowest BCUT2D eigenvalue weighted by Gasteiger charge is -2.32. The molecule has 1 rings (SSSR count). The summed E-state index contributed by atoms with van der Waals surface area (Å²) in [6.45, 7) is 9.25. The van der Waals surface area contributed by atoms with Crippen LogP contribution in [0, 0.1) is 11.3 Å². The fourth-order valence-corrected chi connectivity index (χ4v) is 3.25. The molecule has 2 amide bonds. The molecule has 4 N–H and O–H groups in total. The Morgan fingerprint density at radius 3 is 2.28 bits per heavy atom. The van der Waals surface area contributed by atoms with E-state index in [0.29, 0.717) is 6.42 Å². The molecule has 0 aromatic heterocycles. The van der Waals surface area contributed by atoms with Gasteiger partial charge in [-0.2, -0.15) is 0 Å². The van der Waals surface area contributed by atoms with Crippen LogP contribution in [0.2, 0.25) is 0 Å². The third-order valence-corrected chi connectivity index (χ3v) is 5.07. The first-order valence-electron chi connectivity index (χ1n) is 9.11. The molecule has 0 spiro atoms. The Labute approximate surface area is 151 Å². The predicted octanol–water partition coefficient (Wildman–Crippen LogP) is 1.51. The molecular weight excluding hydrogens is 320 g/mol. The highest BCUT2D eigenvalue weighted by Gasteiger charge is 2.36. The van der Waals surface area contributed by atoms with E-state index < -0.39 is 11.5 Å². The van der Waals surface area contributed by atoms with Gasteiger partial charge in [-0.1, -0.05) is 39.7 Å². The monoisotopic (exact) mass is 354 g/mol. The van der Waals surface area contributed by atoms with E-state index in [-0.39, 0.29) is 42.9 Å². The van der Waals surface area contributed by atoms with Gasteiger partial charge in [-0.05, 0) is 24.7 Å². The normalized spacial score (nSPS) is 19.1. The number of amides is 2. The average molecular weight is 354 g/mol. The highest BCUT2D eigenvalue weighted by atomic mass is 16.3. The molecule has 6 heteroatoms. The summed E-state index contributed by atoms with van der Waals surface area (Å²) in [5.74, 6) is -1.02. The fraction of sp³-hybridized carbons (Fsp3) is 0.789. The van der Waals surface area contributed by atoms with Crippen LogP contribution in [-0.4, -0.2) is 46.8 Å². The second kappa shape index (κ2) is 9.34. The summed E-state index contributed by atoms with van der Waals surface area (Å²) in [4.78, 5) is 25.0. The molecule has 25 heavy (non-hydrogen) atoms. The number of nitrogens with one attached hydrogen (secondary N) is 2. The van der Waals surface area contributed by atoms with Crippen LogP contribution in [0.3, 0.4) is 0 Å². The van der Waals surface area contributed by atoms with E-state index in [1.165, 1.54) is 0 Å². The highest BCUT2D eigenvalue weighted by molar-refractivity contribution is 5.86. The number of allylic oxidation sites excluding steroid dienone is 1. The molecule has 0 saturated heterocycles. The van der Waals surface area contributed by atoms with Crippen molar-refractivity contribution in [2.24, 2.45) is 11.3 Å².